The Kier molecular flexibility index (Phi) is 4.42. The van der Waals surface area contributed by atoms with E-state index < -0.39 is 17.1 Å². The second-order valence-corrected chi connectivity index (χ2v) is 7.58. The van der Waals surface area contributed by atoms with Crippen molar-refractivity contribution in [1.82, 2.24) is 14.9 Å². The van der Waals surface area contributed by atoms with Gasteiger partial charge in [-0.15, -0.1) is 0 Å². The Hall–Kier alpha value is -3.61. The van der Waals surface area contributed by atoms with Crippen LogP contribution in [0, 0.1) is 18.8 Å². The van der Waals surface area contributed by atoms with Crippen LogP contribution in [0.5, 0.6) is 5.75 Å². The molecular formula is C21H20N4O5. The minimum atomic E-state index is -1.51. The number of ether oxygens (including phenoxy) is 1. The van der Waals surface area contributed by atoms with Gasteiger partial charge in [0.1, 0.15) is 35.1 Å². The smallest absolute Gasteiger partial charge is 0.269 e. The number of rotatable bonds is 2. The van der Waals surface area contributed by atoms with Crippen LogP contribution in [0.1, 0.15) is 47.0 Å². The third kappa shape index (κ3) is 3.43. The van der Waals surface area contributed by atoms with Crippen molar-refractivity contribution in [3.05, 3.63) is 58.7 Å². The highest BCUT2D eigenvalue weighted by Gasteiger charge is 2.34. The number of aliphatic hydroxyl groups is 2. The molecular weight excluding hydrogens is 388 g/mol. The molecule has 4 rings (SSSR count). The number of nitrogens with two attached hydrogens (primary N) is 1. The third-order valence-electron chi connectivity index (χ3n) is 4.79. The van der Waals surface area contributed by atoms with Crippen LogP contribution in [0.3, 0.4) is 0 Å². The molecule has 1 aliphatic heterocycles. The molecule has 0 unspecified atom stereocenters. The molecule has 0 bridgehead atoms. The highest BCUT2D eigenvalue weighted by molar-refractivity contribution is 5.91. The Morgan fingerprint density at radius 3 is 2.80 bits per heavy atom. The Morgan fingerprint density at radius 1 is 1.37 bits per heavy atom. The molecule has 1 aliphatic rings. The average molecular weight is 408 g/mol. The Balaban J connectivity index is 1.78. The van der Waals surface area contributed by atoms with Gasteiger partial charge >= 0.3 is 0 Å². The predicted molar refractivity (Wildman–Crippen MR) is 105 cm³/mol. The second-order valence-electron chi connectivity index (χ2n) is 7.58. The molecule has 154 valence electrons. The summed E-state index contributed by atoms with van der Waals surface area (Å²) in [4.78, 5) is 11.6. The normalized spacial score (nSPS) is 19.4. The van der Waals surface area contributed by atoms with Gasteiger partial charge in [0.05, 0.1) is 5.69 Å². The SMILES string of the molecule is Cc1cc([C@](C)(O)C#Cc2ccc3c(c2)-n2nc(C(N)=O)cc2[C@@](C)(O)CO3)no1. The molecule has 0 aliphatic carbocycles. The van der Waals surface area contributed by atoms with Crippen molar-refractivity contribution in [3.8, 4) is 23.3 Å². The minimum Gasteiger partial charge on any atom is -0.488 e. The maximum absolute atomic E-state index is 11.6. The van der Waals surface area contributed by atoms with Crippen molar-refractivity contribution in [2.24, 2.45) is 5.73 Å². The van der Waals surface area contributed by atoms with Gasteiger partial charge in [-0.25, -0.2) is 4.68 Å². The third-order valence-corrected chi connectivity index (χ3v) is 4.79. The fraction of sp³-hybridized carbons (Fsp3) is 0.286. The summed E-state index contributed by atoms with van der Waals surface area (Å²) in [6, 6.07) is 8.15. The summed E-state index contributed by atoms with van der Waals surface area (Å²) in [5.74, 6) is 6.01. The molecule has 0 radical (unpaired) electrons. The molecule has 2 aromatic heterocycles. The average Bonchev–Trinajstić information content (AvgIpc) is 3.30. The van der Waals surface area contributed by atoms with Crippen LogP contribution < -0.4 is 10.5 Å². The van der Waals surface area contributed by atoms with E-state index in [-0.39, 0.29) is 12.3 Å². The summed E-state index contributed by atoms with van der Waals surface area (Å²) in [6.45, 7) is 4.78. The monoisotopic (exact) mass is 408 g/mol. The summed E-state index contributed by atoms with van der Waals surface area (Å²) in [7, 11) is 0. The lowest BCUT2D eigenvalue weighted by atomic mass is 10.0. The lowest BCUT2D eigenvalue weighted by Gasteiger charge is -2.20. The van der Waals surface area contributed by atoms with Gasteiger partial charge in [-0.2, -0.15) is 5.10 Å². The predicted octanol–water partition coefficient (Wildman–Crippen LogP) is 1.13. The second kappa shape index (κ2) is 6.73. The Bertz CT molecular complexity index is 1210. The number of nitrogens with zero attached hydrogens (tertiary/aromatic N) is 3. The van der Waals surface area contributed by atoms with E-state index in [1.54, 1.807) is 38.1 Å². The van der Waals surface area contributed by atoms with Gasteiger partial charge in [0.15, 0.2) is 11.3 Å². The van der Waals surface area contributed by atoms with Crippen LogP contribution in [-0.4, -0.2) is 37.7 Å². The van der Waals surface area contributed by atoms with E-state index >= 15 is 0 Å². The molecule has 0 saturated heterocycles. The van der Waals surface area contributed by atoms with Crippen LogP contribution >= 0.6 is 0 Å². The minimum absolute atomic E-state index is 0.0268. The van der Waals surface area contributed by atoms with E-state index in [1.807, 2.05) is 0 Å². The fourth-order valence-electron chi connectivity index (χ4n) is 3.10. The summed E-state index contributed by atoms with van der Waals surface area (Å²) in [6.07, 6.45) is 0. The molecule has 0 fully saturated rings. The first-order chi connectivity index (χ1) is 14.1. The summed E-state index contributed by atoms with van der Waals surface area (Å²) in [5.41, 5.74) is 4.20. The number of primary amides is 1. The zero-order valence-corrected chi connectivity index (χ0v) is 16.6. The molecule has 1 aromatic carbocycles. The van der Waals surface area contributed by atoms with Gasteiger partial charge in [0.25, 0.3) is 5.91 Å². The molecule has 3 heterocycles. The number of benzene rings is 1. The van der Waals surface area contributed by atoms with Crippen molar-refractivity contribution in [2.45, 2.75) is 32.0 Å². The highest BCUT2D eigenvalue weighted by Crippen LogP contribution is 2.34. The maximum Gasteiger partial charge on any atom is 0.269 e. The first kappa shape index (κ1) is 19.7. The Morgan fingerprint density at radius 2 is 2.13 bits per heavy atom. The van der Waals surface area contributed by atoms with Gasteiger partial charge in [-0.3, -0.25) is 4.79 Å². The number of hydrogen-bond acceptors (Lipinski definition) is 7. The van der Waals surface area contributed by atoms with Crippen LogP contribution in [0.4, 0.5) is 0 Å². The number of fused-ring (bicyclic) bond motifs is 3. The van der Waals surface area contributed by atoms with E-state index in [0.717, 1.165) is 0 Å². The van der Waals surface area contributed by atoms with Crippen molar-refractivity contribution in [2.75, 3.05) is 6.61 Å². The molecule has 4 N–H and O–H groups in total. The fourth-order valence-corrected chi connectivity index (χ4v) is 3.10. The largest absolute Gasteiger partial charge is 0.488 e. The molecule has 30 heavy (non-hydrogen) atoms. The molecule has 1 amide bonds. The lowest BCUT2D eigenvalue weighted by molar-refractivity contribution is 0.00607. The van der Waals surface area contributed by atoms with Crippen LogP contribution in [0.2, 0.25) is 0 Å². The molecule has 2 atom stereocenters. The number of carbonyl (C=O) groups is 1. The van der Waals surface area contributed by atoms with E-state index in [1.165, 1.54) is 17.7 Å². The zero-order valence-electron chi connectivity index (χ0n) is 16.6. The first-order valence-electron chi connectivity index (χ1n) is 9.16. The molecule has 9 heteroatoms. The molecule has 9 nitrogen and oxygen atoms in total. The zero-order chi connectivity index (χ0) is 21.7. The van der Waals surface area contributed by atoms with Crippen molar-refractivity contribution in [1.29, 1.82) is 0 Å². The highest BCUT2D eigenvalue weighted by atomic mass is 16.5. The van der Waals surface area contributed by atoms with Crippen LogP contribution in [-0.2, 0) is 11.2 Å². The molecule has 0 saturated carbocycles. The van der Waals surface area contributed by atoms with Crippen molar-refractivity contribution < 1.29 is 24.3 Å². The Labute approximate surface area is 172 Å². The topological polar surface area (TPSA) is 137 Å². The number of carbonyl (C=O) groups excluding carboxylic acids is 1. The van der Waals surface area contributed by atoms with Gasteiger partial charge in [0.2, 0.25) is 0 Å². The van der Waals surface area contributed by atoms with E-state index in [2.05, 4.69) is 22.1 Å². The van der Waals surface area contributed by atoms with Gasteiger partial charge < -0.3 is 25.2 Å². The van der Waals surface area contributed by atoms with Gasteiger partial charge in [0, 0.05) is 11.6 Å². The quantitative estimate of drug-likeness (QED) is 0.541. The number of amides is 1. The maximum atomic E-state index is 11.6. The van der Waals surface area contributed by atoms with Gasteiger partial charge in [-0.05, 0) is 45.0 Å². The van der Waals surface area contributed by atoms with Crippen molar-refractivity contribution >= 4 is 5.91 Å². The number of hydrogen-bond donors (Lipinski definition) is 3. The first-order valence-corrected chi connectivity index (χ1v) is 9.16. The number of aryl methyl sites for hydroxylation is 1. The summed E-state index contributed by atoms with van der Waals surface area (Å²) < 4.78 is 12.2. The van der Waals surface area contributed by atoms with Crippen LogP contribution in [0.25, 0.3) is 5.69 Å². The number of aromatic nitrogens is 3. The van der Waals surface area contributed by atoms with Crippen molar-refractivity contribution in [3.63, 3.8) is 0 Å². The van der Waals surface area contributed by atoms with E-state index in [9.17, 15) is 15.0 Å². The molecule has 3 aromatic rings. The van der Waals surface area contributed by atoms with Crippen LogP contribution in [0.15, 0.2) is 34.9 Å². The van der Waals surface area contributed by atoms with E-state index in [0.29, 0.717) is 34.1 Å². The van der Waals surface area contributed by atoms with Gasteiger partial charge in [-0.1, -0.05) is 17.0 Å². The standard InChI is InChI=1S/C21H20N4O5/c1-12-8-17(24-30-12)20(2,27)7-6-13-4-5-16-15(9-13)25-18(21(3,28)11-29-16)10-14(23-25)19(22)26/h4-5,8-10,27-28H,11H2,1-3H3,(H2,22,26)/t20-,21+/m1/s1. The molecule has 0 spiro atoms. The summed E-state index contributed by atoms with van der Waals surface area (Å²) >= 11 is 0. The summed E-state index contributed by atoms with van der Waals surface area (Å²) in [5, 5.41) is 29.4. The van der Waals surface area contributed by atoms with E-state index in [4.69, 9.17) is 15.0 Å². The lowest BCUT2D eigenvalue weighted by Crippen LogP contribution is -2.30.